The summed E-state index contributed by atoms with van der Waals surface area (Å²) in [5, 5.41) is 11.6. The van der Waals surface area contributed by atoms with Crippen LogP contribution >= 0.6 is 11.3 Å². The number of carbonyl (C=O) groups is 1. The van der Waals surface area contributed by atoms with Gasteiger partial charge in [-0.15, -0.1) is 11.3 Å². The van der Waals surface area contributed by atoms with Crippen LogP contribution in [-0.4, -0.2) is 34.1 Å². The lowest BCUT2D eigenvalue weighted by Crippen LogP contribution is -2.24. The fourth-order valence-electron chi connectivity index (χ4n) is 1.74. The molecule has 0 aromatic carbocycles. The number of aromatic amines is 1. The molecule has 21 heavy (non-hydrogen) atoms. The summed E-state index contributed by atoms with van der Waals surface area (Å²) < 4.78 is 0. The van der Waals surface area contributed by atoms with E-state index in [1.54, 1.807) is 12.5 Å². The number of H-pyrrole nitrogens is 1. The zero-order valence-electron chi connectivity index (χ0n) is 11.8. The zero-order valence-corrected chi connectivity index (χ0v) is 12.6. The van der Waals surface area contributed by atoms with Gasteiger partial charge in [0.25, 0.3) is 5.91 Å². The molecule has 3 N–H and O–H groups in total. The monoisotopic (exact) mass is 303 g/mol. The topological polar surface area (TPSA) is 78.0 Å². The first-order valence-electron chi connectivity index (χ1n) is 6.66. The molecule has 0 unspecified atom stereocenters. The average molecular weight is 303 g/mol. The van der Waals surface area contributed by atoms with Crippen molar-refractivity contribution in [3.63, 3.8) is 0 Å². The normalized spacial score (nSPS) is 10.0. The van der Waals surface area contributed by atoms with Crippen LogP contribution in [0.2, 0.25) is 0 Å². The molecule has 0 saturated heterocycles. The summed E-state index contributed by atoms with van der Waals surface area (Å²) in [6, 6.07) is 1.85. The molecular weight excluding hydrogens is 286 g/mol. The number of hydrogen-bond donors (Lipinski definition) is 3. The van der Waals surface area contributed by atoms with Crippen LogP contribution in [0.1, 0.15) is 32.2 Å². The standard InChI is InChI=1S/C15H17N3O2S/c1-11-8-14(21-13(11)4-2-3-7-19)15(20)17-6-5-12-9-16-10-18-12/h8-10,19H,3,5-7H2,1H3,(H,16,18)(H,17,20). The van der Waals surface area contributed by atoms with Crippen molar-refractivity contribution in [3.8, 4) is 11.8 Å². The van der Waals surface area contributed by atoms with Gasteiger partial charge in [0.15, 0.2) is 0 Å². The Hall–Kier alpha value is -2.10. The van der Waals surface area contributed by atoms with Crippen molar-refractivity contribution in [2.45, 2.75) is 19.8 Å². The Kier molecular flexibility index (Phi) is 5.55. The lowest BCUT2D eigenvalue weighted by Gasteiger charge is -2.01. The summed E-state index contributed by atoms with van der Waals surface area (Å²) >= 11 is 1.38. The van der Waals surface area contributed by atoms with Gasteiger partial charge in [-0.2, -0.15) is 0 Å². The van der Waals surface area contributed by atoms with E-state index in [0.29, 0.717) is 17.8 Å². The molecular formula is C15H17N3O2S. The summed E-state index contributed by atoms with van der Waals surface area (Å²) in [7, 11) is 0. The molecule has 0 aliphatic rings. The van der Waals surface area contributed by atoms with Crippen molar-refractivity contribution < 1.29 is 9.90 Å². The summed E-state index contributed by atoms with van der Waals surface area (Å²) in [6.07, 6.45) is 4.54. The molecule has 2 aromatic rings. The minimum Gasteiger partial charge on any atom is -0.395 e. The largest absolute Gasteiger partial charge is 0.395 e. The summed E-state index contributed by atoms with van der Waals surface area (Å²) in [5.41, 5.74) is 1.98. The maximum atomic E-state index is 12.1. The van der Waals surface area contributed by atoms with Crippen LogP contribution in [0.4, 0.5) is 0 Å². The minimum absolute atomic E-state index is 0.0539. The molecule has 2 rings (SSSR count). The number of aromatic nitrogens is 2. The van der Waals surface area contributed by atoms with Gasteiger partial charge in [0.05, 0.1) is 22.7 Å². The SMILES string of the molecule is Cc1cc(C(=O)NCCc2cnc[nH]2)sc1C#CCCO. The average Bonchev–Trinajstić information content (AvgIpc) is 3.09. The van der Waals surface area contributed by atoms with Crippen LogP contribution in [0, 0.1) is 18.8 Å². The molecule has 0 bridgehead atoms. The molecule has 6 heteroatoms. The highest BCUT2D eigenvalue weighted by Crippen LogP contribution is 2.20. The number of aryl methyl sites for hydroxylation is 1. The number of aliphatic hydroxyl groups is 1. The molecule has 2 heterocycles. The molecule has 2 aromatic heterocycles. The van der Waals surface area contributed by atoms with Crippen molar-refractivity contribution in [2.75, 3.05) is 13.2 Å². The van der Waals surface area contributed by atoms with Crippen LogP contribution in [0.5, 0.6) is 0 Å². The first-order chi connectivity index (χ1) is 10.2. The van der Waals surface area contributed by atoms with Crippen LogP contribution < -0.4 is 5.32 Å². The number of carbonyl (C=O) groups excluding carboxylic acids is 1. The third-order valence-corrected chi connectivity index (χ3v) is 3.97. The molecule has 0 atom stereocenters. The van der Waals surface area contributed by atoms with Gasteiger partial charge >= 0.3 is 0 Å². The summed E-state index contributed by atoms with van der Waals surface area (Å²) in [5.74, 6) is 5.77. The fourth-order valence-corrected chi connectivity index (χ4v) is 2.70. The Morgan fingerprint density at radius 1 is 1.57 bits per heavy atom. The summed E-state index contributed by atoms with van der Waals surface area (Å²) in [4.78, 5) is 20.5. The molecule has 1 amide bonds. The summed E-state index contributed by atoms with van der Waals surface area (Å²) in [6.45, 7) is 2.54. The third kappa shape index (κ3) is 4.45. The van der Waals surface area contributed by atoms with Crippen LogP contribution in [0.15, 0.2) is 18.6 Å². The minimum atomic E-state index is -0.0853. The van der Waals surface area contributed by atoms with Crippen LogP contribution in [0.3, 0.4) is 0 Å². The lowest BCUT2D eigenvalue weighted by atomic mass is 10.2. The number of nitrogens with one attached hydrogen (secondary N) is 2. The molecule has 0 saturated carbocycles. The quantitative estimate of drug-likeness (QED) is 0.732. The fraction of sp³-hybridized carbons (Fsp3) is 0.333. The van der Waals surface area contributed by atoms with E-state index in [9.17, 15) is 4.79 Å². The first-order valence-corrected chi connectivity index (χ1v) is 7.48. The van der Waals surface area contributed by atoms with Crippen LogP contribution in [0.25, 0.3) is 0 Å². The van der Waals surface area contributed by atoms with Gasteiger partial charge < -0.3 is 15.4 Å². The van der Waals surface area contributed by atoms with Crippen molar-refractivity contribution in [1.82, 2.24) is 15.3 Å². The predicted octanol–water partition coefficient (Wildman–Crippen LogP) is 1.49. The smallest absolute Gasteiger partial charge is 0.261 e. The first kappa shape index (κ1) is 15.3. The highest BCUT2D eigenvalue weighted by atomic mass is 32.1. The molecule has 110 valence electrons. The second kappa shape index (κ2) is 7.62. The molecule has 0 spiro atoms. The van der Waals surface area contributed by atoms with Crippen molar-refractivity contribution in [2.24, 2.45) is 0 Å². The molecule has 0 aliphatic carbocycles. The van der Waals surface area contributed by atoms with Crippen molar-refractivity contribution in [3.05, 3.63) is 39.6 Å². The van der Waals surface area contributed by atoms with Crippen molar-refractivity contribution in [1.29, 1.82) is 0 Å². The van der Waals surface area contributed by atoms with E-state index in [4.69, 9.17) is 5.11 Å². The zero-order chi connectivity index (χ0) is 15.1. The van der Waals surface area contributed by atoms with E-state index in [-0.39, 0.29) is 12.5 Å². The Bertz CT molecular complexity index is 650. The number of imidazole rings is 1. The van der Waals surface area contributed by atoms with E-state index in [0.717, 1.165) is 22.6 Å². The van der Waals surface area contributed by atoms with Gasteiger partial charge in [-0.1, -0.05) is 11.8 Å². The number of thiophene rings is 1. The maximum Gasteiger partial charge on any atom is 0.261 e. The Morgan fingerprint density at radius 2 is 2.43 bits per heavy atom. The Balaban J connectivity index is 1.90. The number of amides is 1. The van der Waals surface area contributed by atoms with E-state index in [1.807, 2.05) is 13.0 Å². The maximum absolute atomic E-state index is 12.1. The predicted molar refractivity (Wildman–Crippen MR) is 82.3 cm³/mol. The van der Waals surface area contributed by atoms with Gasteiger partial charge in [-0.25, -0.2) is 4.98 Å². The molecule has 0 fully saturated rings. The molecule has 0 radical (unpaired) electrons. The lowest BCUT2D eigenvalue weighted by molar-refractivity contribution is 0.0958. The van der Waals surface area contributed by atoms with Gasteiger partial charge in [0.1, 0.15) is 0 Å². The van der Waals surface area contributed by atoms with E-state index in [1.165, 1.54) is 11.3 Å². The highest BCUT2D eigenvalue weighted by molar-refractivity contribution is 7.14. The Labute approximate surface area is 127 Å². The number of aliphatic hydroxyl groups excluding tert-OH is 1. The van der Waals surface area contributed by atoms with E-state index in [2.05, 4.69) is 27.1 Å². The van der Waals surface area contributed by atoms with Gasteiger partial charge in [-0.05, 0) is 18.6 Å². The van der Waals surface area contributed by atoms with Gasteiger partial charge in [0, 0.05) is 31.3 Å². The van der Waals surface area contributed by atoms with Crippen molar-refractivity contribution >= 4 is 17.2 Å². The second-order valence-electron chi connectivity index (χ2n) is 4.48. The van der Waals surface area contributed by atoms with Gasteiger partial charge in [0.2, 0.25) is 0 Å². The van der Waals surface area contributed by atoms with Gasteiger partial charge in [-0.3, -0.25) is 4.79 Å². The van der Waals surface area contributed by atoms with E-state index >= 15 is 0 Å². The number of rotatable bonds is 5. The molecule has 5 nitrogen and oxygen atoms in total. The molecule has 0 aliphatic heterocycles. The number of nitrogens with zero attached hydrogens (tertiary/aromatic N) is 1. The third-order valence-electron chi connectivity index (χ3n) is 2.82. The highest BCUT2D eigenvalue weighted by Gasteiger charge is 2.11. The second-order valence-corrected chi connectivity index (χ2v) is 5.53. The number of hydrogen-bond acceptors (Lipinski definition) is 4. The van der Waals surface area contributed by atoms with E-state index < -0.39 is 0 Å². The van der Waals surface area contributed by atoms with Crippen LogP contribution in [-0.2, 0) is 6.42 Å². The Morgan fingerprint density at radius 3 is 3.14 bits per heavy atom.